The second kappa shape index (κ2) is 5.35. The summed E-state index contributed by atoms with van der Waals surface area (Å²) in [5.41, 5.74) is 1.55. The molecular weight excluding hydrogens is 284 g/mol. The predicted molar refractivity (Wildman–Crippen MR) is 73.4 cm³/mol. The Kier molecular flexibility index (Phi) is 3.93. The Labute approximate surface area is 116 Å². The summed E-state index contributed by atoms with van der Waals surface area (Å²) < 4.78 is 27.0. The summed E-state index contributed by atoms with van der Waals surface area (Å²) in [4.78, 5) is 9.96. The summed E-state index contributed by atoms with van der Waals surface area (Å²) in [6, 6.07) is 3.70. The molecule has 0 aromatic heterocycles. The average Bonchev–Trinajstić information content (AvgIpc) is 3.21. The zero-order valence-electron chi connectivity index (χ0n) is 10.9. The van der Waals surface area contributed by atoms with Crippen LogP contribution in [-0.4, -0.2) is 19.4 Å². The number of nitro groups is 1. The lowest BCUT2D eigenvalue weighted by molar-refractivity contribution is -0.386. The van der Waals surface area contributed by atoms with E-state index in [1.165, 1.54) is 18.2 Å². The minimum atomic E-state index is -3.96. The number of nitrogen functional groups attached to an aromatic ring is 1. The van der Waals surface area contributed by atoms with E-state index in [0.717, 1.165) is 12.8 Å². The molecule has 1 saturated carbocycles. The van der Waals surface area contributed by atoms with Gasteiger partial charge in [-0.1, -0.05) is 6.07 Å². The highest BCUT2D eigenvalue weighted by Gasteiger charge is 2.34. The van der Waals surface area contributed by atoms with Crippen LogP contribution in [0.1, 0.15) is 19.8 Å². The maximum Gasteiger partial charge on any atom is 0.313 e. The molecule has 1 aliphatic rings. The molecule has 0 saturated heterocycles. The first-order valence-corrected chi connectivity index (χ1v) is 7.61. The Morgan fingerprint density at radius 1 is 1.45 bits per heavy atom. The van der Waals surface area contributed by atoms with E-state index in [0.29, 0.717) is 5.92 Å². The molecule has 9 heteroatoms. The maximum atomic E-state index is 12.3. The van der Waals surface area contributed by atoms with E-state index in [9.17, 15) is 18.5 Å². The summed E-state index contributed by atoms with van der Waals surface area (Å²) in [5.74, 6) is 5.50. The number of rotatable bonds is 6. The van der Waals surface area contributed by atoms with Gasteiger partial charge in [0.2, 0.25) is 10.0 Å². The van der Waals surface area contributed by atoms with Gasteiger partial charge in [0.25, 0.3) is 0 Å². The summed E-state index contributed by atoms with van der Waals surface area (Å²) >= 11 is 0. The number of sulfonamides is 1. The largest absolute Gasteiger partial charge is 0.318 e. The van der Waals surface area contributed by atoms with Crippen molar-refractivity contribution in [1.29, 1.82) is 0 Å². The van der Waals surface area contributed by atoms with E-state index < -0.39 is 20.6 Å². The molecule has 1 atom stereocenters. The van der Waals surface area contributed by atoms with Crippen molar-refractivity contribution in [2.45, 2.75) is 30.7 Å². The highest BCUT2D eigenvalue weighted by atomic mass is 32.2. The van der Waals surface area contributed by atoms with Crippen molar-refractivity contribution in [3.8, 4) is 0 Å². The van der Waals surface area contributed by atoms with Crippen LogP contribution in [0.5, 0.6) is 0 Å². The van der Waals surface area contributed by atoms with Crippen LogP contribution in [0.4, 0.5) is 11.4 Å². The number of hydrogen-bond acceptors (Lipinski definition) is 6. The molecule has 110 valence electrons. The fourth-order valence-electron chi connectivity index (χ4n) is 2.04. The van der Waals surface area contributed by atoms with Crippen LogP contribution < -0.4 is 16.0 Å². The molecule has 2 rings (SSSR count). The van der Waals surface area contributed by atoms with Crippen LogP contribution >= 0.6 is 0 Å². The van der Waals surface area contributed by atoms with E-state index in [-0.39, 0.29) is 16.6 Å². The van der Waals surface area contributed by atoms with E-state index in [1.807, 2.05) is 0 Å². The highest BCUT2D eigenvalue weighted by Crippen LogP contribution is 2.35. The first kappa shape index (κ1) is 14.7. The van der Waals surface area contributed by atoms with Crippen molar-refractivity contribution in [2.75, 3.05) is 5.43 Å². The molecule has 8 nitrogen and oxygen atoms in total. The SMILES string of the molecule is CC(NS(=O)(=O)c1cccc(NN)c1[N+](=O)[O-])C1CC1. The van der Waals surface area contributed by atoms with E-state index in [4.69, 9.17) is 5.84 Å². The third-order valence-electron chi connectivity index (χ3n) is 3.30. The molecule has 0 spiro atoms. The van der Waals surface area contributed by atoms with Crippen molar-refractivity contribution in [3.63, 3.8) is 0 Å². The fourth-order valence-corrected chi connectivity index (χ4v) is 3.55. The first-order valence-electron chi connectivity index (χ1n) is 6.13. The van der Waals surface area contributed by atoms with Gasteiger partial charge in [-0.15, -0.1) is 0 Å². The van der Waals surface area contributed by atoms with Crippen LogP contribution in [0, 0.1) is 16.0 Å². The van der Waals surface area contributed by atoms with Crippen molar-refractivity contribution in [2.24, 2.45) is 11.8 Å². The number of benzene rings is 1. The summed E-state index contributed by atoms with van der Waals surface area (Å²) in [6.45, 7) is 1.76. The van der Waals surface area contributed by atoms with Gasteiger partial charge in [0.15, 0.2) is 4.90 Å². The van der Waals surface area contributed by atoms with Gasteiger partial charge in [-0.3, -0.25) is 16.0 Å². The lowest BCUT2D eigenvalue weighted by Gasteiger charge is -2.14. The molecule has 1 aliphatic carbocycles. The normalized spacial score (nSPS) is 16.7. The molecule has 0 heterocycles. The minimum Gasteiger partial charge on any atom is -0.318 e. The average molecular weight is 300 g/mol. The summed E-state index contributed by atoms with van der Waals surface area (Å²) in [5, 5.41) is 11.1. The van der Waals surface area contributed by atoms with Gasteiger partial charge < -0.3 is 5.43 Å². The topological polar surface area (TPSA) is 127 Å². The van der Waals surface area contributed by atoms with E-state index in [1.54, 1.807) is 6.92 Å². The molecule has 1 aromatic carbocycles. The Morgan fingerprint density at radius 2 is 2.10 bits per heavy atom. The molecule has 0 bridgehead atoms. The molecule has 1 unspecified atom stereocenters. The number of nitrogens with zero attached hydrogens (tertiary/aromatic N) is 1. The molecule has 1 fully saturated rings. The molecular formula is C11H16N4O4S. The lowest BCUT2D eigenvalue weighted by atomic mass is 10.2. The Morgan fingerprint density at radius 3 is 2.60 bits per heavy atom. The Bertz CT molecular complexity index is 627. The highest BCUT2D eigenvalue weighted by molar-refractivity contribution is 7.89. The molecule has 20 heavy (non-hydrogen) atoms. The smallest absolute Gasteiger partial charge is 0.313 e. The van der Waals surface area contributed by atoms with E-state index in [2.05, 4.69) is 10.1 Å². The number of hydrogen-bond donors (Lipinski definition) is 3. The van der Waals surface area contributed by atoms with Gasteiger partial charge in [0.05, 0.1) is 4.92 Å². The van der Waals surface area contributed by atoms with Crippen LogP contribution in [0.25, 0.3) is 0 Å². The van der Waals surface area contributed by atoms with Crippen LogP contribution in [-0.2, 0) is 10.0 Å². The van der Waals surface area contributed by atoms with Crippen LogP contribution in [0.15, 0.2) is 23.1 Å². The van der Waals surface area contributed by atoms with Crippen molar-refractivity contribution in [3.05, 3.63) is 28.3 Å². The quantitative estimate of drug-likeness (QED) is 0.408. The summed E-state index contributed by atoms with van der Waals surface area (Å²) in [7, 11) is -3.96. The third-order valence-corrected chi connectivity index (χ3v) is 4.89. The molecule has 0 aliphatic heterocycles. The van der Waals surface area contributed by atoms with Crippen molar-refractivity contribution >= 4 is 21.4 Å². The fraction of sp³-hybridized carbons (Fsp3) is 0.455. The first-order chi connectivity index (χ1) is 9.36. The van der Waals surface area contributed by atoms with Gasteiger partial charge in [-0.25, -0.2) is 13.1 Å². The maximum absolute atomic E-state index is 12.3. The summed E-state index contributed by atoms with van der Waals surface area (Å²) in [6.07, 6.45) is 1.94. The standard InChI is InChI=1S/C11H16N4O4S/c1-7(8-5-6-8)14-20(18,19)10-4-2-3-9(13-12)11(10)15(16)17/h2-4,7-8,13-14H,5-6,12H2,1H3. The minimum absolute atomic E-state index is 0.0445. The number of hydrazine groups is 1. The van der Waals surface area contributed by atoms with Gasteiger partial charge in [0, 0.05) is 6.04 Å². The van der Waals surface area contributed by atoms with Gasteiger partial charge in [-0.05, 0) is 37.8 Å². The number of nitrogens with one attached hydrogen (secondary N) is 2. The predicted octanol–water partition coefficient (Wildman–Crippen LogP) is 0.957. The zero-order chi connectivity index (χ0) is 14.9. The monoisotopic (exact) mass is 300 g/mol. The number of nitrogens with two attached hydrogens (primary N) is 1. The molecule has 4 N–H and O–H groups in total. The molecule has 0 amide bonds. The second-order valence-electron chi connectivity index (χ2n) is 4.80. The Hall–Kier alpha value is -1.71. The number of para-hydroxylation sites is 1. The third kappa shape index (κ3) is 2.89. The van der Waals surface area contributed by atoms with Crippen molar-refractivity contribution < 1.29 is 13.3 Å². The molecule has 1 aromatic rings. The van der Waals surface area contributed by atoms with Crippen molar-refractivity contribution in [1.82, 2.24) is 4.72 Å². The van der Waals surface area contributed by atoms with Gasteiger partial charge >= 0.3 is 5.69 Å². The van der Waals surface area contributed by atoms with Gasteiger partial charge in [-0.2, -0.15) is 0 Å². The lowest BCUT2D eigenvalue weighted by Crippen LogP contribution is -2.34. The second-order valence-corrected chi connectivity index (χ2v) is 6.48. The van der Waals surface area contributed by atoms with Gasteiger partial charge in [0.1, 0.15) is 5.69 Å². The zero-order valence-corrected chi connectivity index (χ0v) is 11.7. The number of anilines is 1. The van der Waals surface area contributed by atoms with Crippen LogP contribution in [0.2, 0.25) is 0 Å². The van der Waals surface area contributed by atoms with Crippen LogP contribution in [0.3, 0.4) is 0 Å². The van der Waals surface area contributed by atoms with E-state index >= 15 is 0 Å². The number of nitro benzene ring substituents is 1. The molecule has 0 radical (unpaired) electrons. The Balaban J connectivity index is 2.42.